The van der Waals surface area contributed by atoms with E-state index >= 15 is 0 Å². The molecule has 3 nitrogen and oxygen atoms in total. The summed E-state index contributed by atoms with van der Waals surface area (Å²) in [6, 6.07) is 0. The molecule has 4 aliphatic carbocycles. The average molecular weight is 461 g/mol. The maximum atomic E-state index is 10.6. The van der Waals surface area contributed by atoms with Crippen molar-refractivity contribution in [2.75, 3.05) is 19.8 Å². The van der Waals surface area contributed by atoms with Gasteiger partial charge in [0.25, 0.3) is 0 Å². The van der Waals surface area contributed by atoms with Crippen LogP contribution in [0, 0.1) is 50.2 Å². The molecule has 0 spiro atoms. The van der Waals surface area contributed by atoms with Crippen LogP contribution in [0.25, 0.3) is 0 Å². The highest BCUT2D eigenvalue weighted by Gasteiger charge is 2.66. The van der Waals surface area contributed by atoms with Crippen molar-refractivity contribution in [3.63, 3.8) is 0 Å². The van der Waals surface area contributed by atoms with E-state index < -0.39 is 0 Å². The Kier molecular flexibility index (Phi) is 6.28. The lowest BCUT2D eigenvalue weighted by atomic mass is 9.34. The van der Waals surface area contributed by atoms with Gasteiger partial charge in [-0.15, -0.1) is 0 Å². The van der Waals surface area contributed by atoms with E-state index in [0.29, 0.717) is 29.8 Å². The molecule has 3 heteroatoms. The summed E-state index contributed by atoms with van der Waals surface area (Å²) in [4.78, 5) is 0. The SMILES string of the molecule is CC1(C)CC[C@]2(CO)CC[C@]3(C)C(=CC[C@@H]4[C@@](C)(CCO)[C@H](C(C)(C)CO)CC[C@]43C)[C@@H]2C1. The van der Waals surface area contributed by atoms with Gasteiger partial charge in [-0.3, -0.25) is 0 Å². The lowest BCUT2D eigenvalue weighted by Crippen LogP contribution is -2.63. The third kappa shape index (κ3) is 3.53. The van der Waals surface area contributed by atoms with Crippen molar-refractivity contribution in [1.29, 1.82) is 0 Å². The Balaban J connectivity index is 1.80. The minimum atomic E-state index is -0.137. The van der Waals surface area contributed by atoms with Crippen LogP contribution in [0.3, 0.4) is 0 Å². The molecule has 33 heavy (non-hydrogen) atoms. The molecule has 0 amide bonds. The normalized spacial score (nSPS) is 47.2. The second-order valence-electron chi connectivity index (χ2n) is 14.9. The average Bonchev–Trinajstić information content (AvgIpc) is 2.74. The predicted octanol–water partition coefficient (Wildman–Crippen LogP) is 6.36. The highest BCUT2D eigenvalue weighted by Crippen LogP contribution is 2.74. The van der Waals surface area contributed by atoms with Gasteiger partial charge in [-0.2, -0.15) is 0 Å². The molecule has 0 aromatic rings. The fraction of sp³-hybridized carbons (Fsp3) is 0.933. The lowest BCUT2D eigenvalue weighted by Gasteiger charge is -2.70. The minimum absolute atomic E-state index is 0.0103. The van der Waals surface area contributed by atoms with Crippen LogP contribution in [0.2, 0.25) is 0 Å². The zero-order chi connectivity index (χ0) is 24.5. The maximum absolute atomic E-state index is 10.6. The first-order chi connectivity index (χ1) is 15.3. The molecule has 190 valence electrons. The van der Waals surface area contributed by atoms with Crippen molar-refractivity contribution >= 4 is 0 Å². The Morgan fingerprint density at radius 1 is 0.939 bits per heavy atom. The molecule has 3 fully saturated rings. The van der Waals surface area contributed by atoms with E-state index in [1.54, 1.807) is 5.57 Å². The van der Waals surface area contributed by atoms with Gasteiger partial charge < -0.3 is 15.3 Å². The Morgan fingerprint density at radius 3 is 2.21 bits per heavy atom. The van der Waals surface area contributed by atoms with Gasteiger partial charge in [0.15, 0.2) is 0 Å². The van der Waals surface area contributed by atoms with Gasteiger partial charge in [-0.1, -0.05) is 60.1 Å². The van der Waals surface area contributed by atoms with Crippen molar-refractivity contribution in [2.24, 2.45) is 50.2 Å². The van der Waals surface area contributed by atoms with Gasteiger partial charge in [-0.05, 0) is 103 Å². The molecule has 0 bridgehead atoms. The van der Waals surface area contributed by atoms with Crippen molar-refractivity contribution in [2.45, 2.75) is 106 Å². The highest BCUT2D eigenvalue weighted by atomic mass is 16.3. The van der Waals surface area contributed by atoms with E-state index in [-0.39, 0.29) is 40.3 Å². The number of aliphatic hydroxyl groups excluding tert-OH is 3. The van der Waals surface area contributed by atoms with Crippen LogP contribution in [-0.2, 0) is 0 Å². The molecular formula is C30H52O3. The first-order valence-corrected chi connectivity index (χ1v) is 13.8. The van der Waals surface area contributed by atoms with Crippen molar-refractivity contribution < 1.29 is 15.3 Å². The Labute approximate surface area is 203 Å². The molecule has 0 unspecified atom stereocenters. The summed E-state index contributed by atoms with van der Waals surface area (Å²) in [5.74, 6) is 1.42. The standard InChI is InChI=1S/C30H52O3/c1-25(2)12-14-30(20-33)15-13-28(6)21(22(30)18-25)8-9-24-27(5,16-17-31)23(26(3,4)19-32)10-11-29(24,28)7/h8,22-24,31-33H,9-20H2,1-7H3/t22-,23-,24+,27-,28+,29+,30+/m0/s1. The summed E-state index contributed by atoms with van der Waals surface area (Å²) in [6.07, 6.45) is 12.7. The van der Waals surface area contributed by atoms with Gasteiger partial charge >= 0.3 is 0 Å². The van der Waals surface area contributed by atoms with E-state index in [0.717, 1.165) is 32.1 Å². The van der Waals surface area contributed by atoms with Crippen LogP contribution in [0.1, 0.15) is 106 Å². The third-order valence-corrected chi connectivity index (χ3v) is 12.4. The molecule has 0 heterocycles. The van der Waals surface area contributed by atoms with E-state index in [9.17, 15) is 15.3 Å². The second-order valence-corrected chi connectivity index (χ2v) is 14.9. The van der Waals surface area contributed by atoms with Crippen LogP contribution < -0.4 is 0 Å². The predicted molar refractivity (Wildman–Crippen MR) is 136 cm³/mol. The molecule has 3 N–H and O–H groups in total. The molecule has 0 radical (unpaired) electrons. The monoisotopic (exact) mass is 460 g/mol. The molecule has 4 rings (SSSR count). The van der Waals surface area contributed by atoms with Gasteiger partial charge in [0.1, 0.15) is 0 Å². The quantitative estimate of drug-likeness (QED) is 0.418. The lowest BCUT2D eigenvalue weighted by molar-refractivity contribution is -0.177. The van der Waals surface area contributed by atoms with Crippen LogP contribution in [0.5, 0.6) is 0 Å². The number of allylic oxidation sites excluding steroid dienone is 2. The first-order valence-electron chi connectivity index (χ1n) is 13.8. The Morgan fingerprint density at radius 2 is 1.61 bits per heavy atom. The van der Waals surface area contributed by atoms with Crippen molar-refractivity contribution in [1.82, 2.24) is 0 Å². The summed E-state index contributed by atoms with van der Waals surface area (Å²) < 4.78 is 0. The Hall–Kier alpha value is -0.380. The van der Waals surface area contributed by atoms with Crippen LogP contribution >= 0.6 is 0 Å². The first kappa shape index (κ1) is 25.7. The number of hydrogen-bond acceptors (Lipinski definition) is 3. The summed E-state index contributed by atoms with van der Waals surface area (Å²) in [5, 5.41) is 31.1. The van der Waals surface area contributed by atoms with Gasteiger partial charge in [0, 0.05) is 25.2 Å². The zero-order valence-corrected chi connectivity index (χ0v) is 22.6. The molecule has 0 saturated heterocycles. The van der Waals surface area contributed by atoms with Crippen molar-refractivity contribution in [3.8, 4) is 0 Å². The topological polar surface area (TPSA) is 60.7 Å². The number of fused-ring (bicyclic) bond motifs is 5. The van der Waals surface area contributed by atoms with E-state index in [1.165, 1.54) is 25.7 Å². The number of aliphatic hydroxyl groups is 3. The second kappa shape index (κ2) is 8.07. The summed E-state index contributed by atoms with van der Waals surface area (Å²) in [6.45, 7) is 17.6. The minimum Gasteiger partial charge on any atom is -0.396 e. The largest absolute Gasteiger partial charge is 0.396 e. The summed E-state index contributed by atoms with van der Waals surface area (Å²) >= 11 is 0. The Bertz CT molecular complexity index is 783. The molecular weight excluding hydrogens is 408 g/mol. The summed E-state index contributed by atoms with van der Waals surface area (Å²) in [7, 11) is 0. The maximum Gasteiger partial charge on any atom is 0.0493 e. The van der Waals surface area contributed by atoms with Crippen molar-refractivity contribution in [3.05, 3.63) is 11.6 Å². The molecule has 0 aliphatic heterocycles. The molecule has 0 aromatic heterocycles. The highest BCUT2D eigenvalue weighted by molar-refractivity contribution is 5.33. The van der Waals surface area contributed by atoms with E-state index in [1.807, 2.05) is 0 Å². The van der Waals surface area contributed by atoms with Gasteiger partial charge in [0.05, 0.1) is 0 Å². The number of hydrogen-bond donors (Lipinski definition) is 3. The smallest absolute Gasteiger partial charge is 0.0493 e. The van der Waals surface area contributed by atoms with Crippen LogP contribution in [0.4, 0.5) is 0 Å². The van der Waals surface area contributed by atoms with E-state index in [4.69, 9.17) is 0 Å². The molecule has 4 aliphatic rings. The zero-order valence-electron chi connectivity index (χ0n) is 22.6. The van der Waals surface area contributed by atoms with Gasteiger partial charge in [0.2, 0.25) is 0 Å². The molecule has 7 atom stereocenters. The van der Waals surface area contributed by atoms with E-state index in [2.05, 4.69) is 54.5 Å². The number of rotatable bonds is 5. The molecule has 0 aromatic carbocycles. The third-order valence-electron chi connectivity index (χ3n) is 12.4. The fourth-order valence-electron chi connectivity index (χ4n) is 9.99. The molecule has 3 saturated carbocycles. The van der Waals surface area contributed by atoms with Crippen LogP contribution in [0.15, 0.2) is 11.6 Å². The summed E-state index contributed by atoms with van der Waals surface area (Å²) in [5.41, 5.74) is 2.30. The fourth-order valence-corrected chi connectivity index (χ4v) is 9.99. The van der Waals surface area contributed by atoms with Gasteiger partial charge in [-0.25, -0.2) is 0 Å². The van der Waals surface area contributed by atoms with Crippen LogP contribution in [-0.4, -0.2) is 35.1 Å².